The van der Waals surface area contributed by atoms with E-state index in [1.165, 1.54) is 4.68 Å². The Hall–Kier alpha value is -1.82. The summed E-state index contributed by atoms with van der Waals surface area (Å²) in [5.41, 5.74) is 7.37. The first-order valence-corrected chi connectivity index (χ1v) is 5.71. The molecule has 3 N–H and O–H groups in total. The summed E-state index contributed by atoms with van der Waals surface area (Å²) in [7, 11) is 1.71. The highest BCUT2D eigenvalue weighted by atomic mass is 79.9. The van der Waals surface area contributed by atoms with E-state index in [9.17, 15) is 4.79 Å². The zero-order chi connectivity index (χ0) is 12.4. The van der Waals surface area contributed by atoms with Gasteiger partial charge in [0.2, 0.25) is 0 Å². The molecule has 0 bridgehead atoms. The SMILES string of the molecule is Cn1nccc1C(=O)Nc1cc(N)ccc1Br. The van der Waals surface area contributed by atoms with Crippen LogP contribution in [0.2, 0.25) is 0 Å². The fraction of sp³-hybridized carbons (Fsp3) is 0.0909. The summed E-state index contributed by atoms with van der Waals surface area (Å²) in [6.07, 6.45) is 1.57. The Morgan fingerprint density at radius 1 is 1.47 bits per heavy atom. The highest BCUT2D eigenvalue weighted by molar-refractivity contribution is 9.10. The Balaban J connectivity index is 2.24. The molecule has 0 radical (unpaired) electrons. The van der Waals surface area contributed by atoms with Crippen LogP contribution >= 0.6 is 15.9 Å². The number of carbonyl (C=O) groups excluding carboxylic acids is 1. The molecular formula is C11H11BrN4O. The molecule has 0 saturated heterocycles. The van der Waals surface area contributed by atoms with Crippen molar-refractivity contribution >= 4 is 33.2 Å². The first kappa shape index (κ1) is 11.7. The van der Waals surface area contributed by atoms with Gasteiger partial charge in [0.25, 0.3) is 5.91 Å². The van der Waals surface area contributed by atoms with Gasteiger partial charge in [-0.25, -0.2) is 0 Å². The Morgan fingerprint density at radius 3 is 2.88 bits per heavy atom. The van der Waals surface area contributed by atoms with Gasteiger partial charge in [0.15, 0.2) is 0 Å². The van der Waals surface area contributed by atoms with Gasteiger partial charge in [-0.15, -0.1) is 0 Å². The summed E-state index contributed by atoms with van der Waals surface area (Å²) >= 11 is 3.35. The van der Waals surface area contributed by atoms with Crippen LogP contribution in [0.5, 0.6) is 0 Å². The Morgan fingerprint density at radius 2 is 2.24 bits per heavy atom. The van der Waals surface area contributed by atoms with Crippen molar-refractivity contribution in [3.63, 3.8) is 0 Å². The monoisotopic (exact) mass is 294 g/mol. The average molecular weight is 295 g/mol. The van der Waals surface area contributed by atoms with E-state index in [0.29, 0.717) is 17.1 Å². The number of nitrogen functional groups attached to an aromatic ring is 1. The molecule has 0 unspecified atom stereocenters. The number of hydrogen-bond donors (Lipinski definition) is 2. The molecule has 6 heteroatoms. The molecule has 0 spiro atoms. The highest BCUT2D eigenvalue weighted by Gasteiger charge is 2.11. The van der Waals surface area contributed by atoms with Crippen molar-refractivity contribution in [1.82, 2.24) is 9.78 Å². The van der Waals surface area contributed by atoms with Crippen LogP contribution in [0.1, 0.15) is 10.5 Å². The highest BCUT2D eigenvalue weighted by Crippen LogP contribution is 2.25. The molecule has 2 aromatic rings. The van der Waals surface area contributed by atoms with Crippen molar-refractivity contribution in [3.8, 4) is 0 Å². The molecule has 1 heterocycles. The van der Waals surface area contributed by atoms with Crippen molar-refractivity contribution in [3.05, 3.63) is 40.6 Å². The summed E-state index contributed by atoms with van der Waals surface area (Å²) in [4.78, 5) is 11.9. The standard InChI is InChI=1S/C11H11BrN4O/c1-16-10(4-5-14-16)11(17)15-9-6-7(13)2-3-8(9)12/h2-6H,13H2,1H3,(H,15,17). The molecule has 0 aliphatic heterocycles. The lowest BCUT2D eigenvalue weighted by Gasteiger charge is -2.08. The van der Waals surface area contributed by atoms with Gasteiger partial charge in [0.05, 0.1) is 5.69 Å². The van der Waals surface area contributed by atoms with Crippen LogP contribution in [0.4, 0.5) is 11.4 Å². The van der Waals surface area contributed by atoms with Crippen molar-refractivity contribution in [1.29, 1.82) is 0 Å². The Labute approximate surface area is 107 Å². The number of nitrogens with one attached hydrogen (secondary N) is 1. The van der Waals surface area contributed by atoms with Crippen LogP contribution in [-0.2, 0) is 7.05 Å². The van der Waals surface area contributed by atoms with Crippen molar-refractivity contribution < 1.29 is 4.79 Å². The zero-order valence-electron chi connectivity index (χ0n) is 9.14. The largest absolute Gasteiger partial charge is 0.399 e. The summed E-state index contributed by atoms with van der Waals surface area (Å²) < 4.78 is 2.29. The molecule has 0 aliphatic carbocycles. The maximum Gasteiger partial charge on any atom is 0.273 e. The molecule has 17 heavy (non-hydrogen) atoms. The third kappa shape index (κ3) is 2.47. The van der Waals surface area contributed by atoms with E-state index in [2.05, 4.69) is 26.3 Å². The van der Waals surface area contributed by atoms with Crippen LogP contribution in [0.15, 0.2) is 34.9 Å². The van der Waals surface area contributed by atoms with E-state index in [1.54, 1.807) is 37.5 Å². The summed E-state index contributed by atoms with van der Waals surface area (Å²) in [6, 6.07) is 6.88. The number of carbonyl (C=O) groups is 1. The molecule has 1 aromatic heterocycles. The van der Waals surface area contributed by atoms with Crippen LogP contribution in [0.25, 0.3) is 0 Å². The van der Waals surface area contributed by atoms with Gasteiger partial charge in [0, 0.05) is 23.4 Å². The minimum absolute atomic E-state index is 0.226. The van der Waals surface area contributed by atoms with Gasteiger partial charge < -0.3 is 11.1 Å². The number of benzene rings is 1. The molecule has 2 rings (SSSR count). The molecule has 0 saturated carbocycles. The lowest BCUT2D eigenvalue weighted by Crippen LogP contribution is -2.16. The lowest BCUT2D eigenvalue weighted by atomic mass is 10.2. The minimum Gasteiger partial charge on any atom is -0.399 e. The van der Waals surface area contributed by atoms with Crippen molar-refractivity contribution in [2.45, 2.75) is 0 Å². The van der Waals surface area contributed by atoms with Gasteiger partial charge >= 0.3 is 0 Å². The number of aromatic nitrogens is 2. The average Bonchev–Trinajstić information content (AvgIpc) is 2.70. The van der Waals surface area contributed by atoms with Gasteiger partial charge in [-0.3, -0.25) is 9.48 Å². The predicted octanol–water partition coefficient (Wildman–Crippen LogP) is 2.02. The van der Waals surface area contributed by atoms with E-state index in [-0.39, 0.29) is 5.91 Å². The minimum atomic E-state index is -0.226. The van der Waals surface area contributed by atoms with E-state index >= 15 is 0 Å². The maximum atomic E-state index is 11.9. The fourth-order valence-electron chi connectivity index (χ4n) is 1.42. The van der Waals surface area contributed by atoms with E-state index < -0.39 is 0 Å². The maximum absolute atomic E-state index is 11.9. The second-order valence-corrected chi connectivity index (χ2v) is 4.39. The number of amides is 1. The quantitative estimate of drug-likeness (QED) is 0.832. The van der Waals surface area contributed by atoms with Crippen LogP contribution in [-0.4, -0.2) is 15.7 Å². The molecule has 0 aliphatic rings. The Kier molecular flexibility index (Phi) is 3.14. The number of nitrogens with two attached hydrogens (primary N) is 1. The third-order valence-electron chi connectivity index (χ3n) is 2.29. The molecule has 88 valence electrons. The first-order valence-electron chi connectivity index (χ1n) is 4.92. The van der Waals surface area contributed by atoms with E-state index in [4.69, 9.17) is 5.73 Å². The first-order chi connectivity index (χ1) is 8.08. The number of anilines is 2. The molecule has 5 nitrogen and oxygen atoms in total. The summed E-state index contributed by atoms with van der Waals surface area (Å²) in [5, 5.41) is 6.71. The van der Waals surface area contributed by atoms with Crippen LogP contribution < -0.4 is 11.1 Å². The molecular weight excluding hydrogens is 284 g/mol. The zero-order valence-corrected chi connectivity index (χ0v) is 10.7. The van der Waals surface area contributed by atoms with Gasteiger partial charge in [-0.2, -0.15) is 5.10 Å². The van der Waals surface area contributed by atoms with Crippen LogP contribution in [0.3, 0.4) is 0 Å². The molecule has 0 atom stereocenters. The Bertz CT molecular complexity index is 564. The van der Waals surface area contributed by atoms with Crippen molar-refractivity contribution in [2.24, 2.45) is 7.05 Å². The molecule has 0 fully saturated rings. The van der Waals surface area contributed by atoms with Gasteiger partial charge in [-0.05, 0) is 40.2 Å². The topological polar surface area (TPSA) is 72.9 Å². The lowest BCUT2D eigenvalue weighted by molar-refractivity contribution is 0.101. The second-order valence-electron chi connectivity index (χ2n) is 3.53. The number of aryl methyl sites for hydroxylation is 1. The fourth-order valence-corrected chi connectivity index (χ4v) is 1.77. The van der Waals surface area contributed by atoms with Gasteiger partial charge in [-0.1, -0.05) is 0 Å². The number of nitrogens with zero attached hydrogens (tertiary/aromatic N) is 2. The van der Waals surface area contributed by atoms with E-state index in [0.717, 1.165) is 4.47 Å². The summed E-state index contributed by atoms with van der Waals surface area (Å²) in [5.74, 6) is -0.226. The molecule has 1 amide bonds. The normalized spacial score (nSPS) is 10.2. The number of hydrogen-bond acceptors (Lipinski definition) is 3. The van der Waals surface area contributed by atoms with Gasteiger partial charge in [0.1, 0.15) is 5.69 Å². The molecule has 1 aromatic carbocycles. The second kappa shape index (κ2) is 4.58. The van der Waals surface area contributed by atoms with E-state index in [1.807, 2.05) is 0 Å². The number of rotatable bonds is 2. The smallest absolute Gasteiger partial charge is 0.273 e. The number of halogens is 1. The van der Waals surface area contributed by atoms with Crippen LogP contribution in [0, 0.1) is 0 Å². The van der Waals surface area contributed by atoms with Crippen molar-refractivity contribution in [2.75, 3.05) is 11.1 Å². The third-order valence-corrected chi connectivity index (χ3v) is 2.98. The predicted molar refractivity (Wildman–Crippen MR) is 69.7 cm³/mol. The summed E-state index contributed by atoms with van der Waals surface area (Å²) in [6.45, 7) is 0.